The first-order valence-electron chi connectivity index (χ1n) is 5.23. The fourth-order valence-corrected chi connectivity index (χ4v) is 1.35. The molecule has 0 atom stereocenters. The molecule has 0 heterocycles. The van der Waals surface area contributed by atoms with E-state index in [0.29, 0.717) is 5.56 Å². The Labute approximate surface area is 99.3 Å². The van der Waals surface area contributed by atoms with Gasteiger partial charge in [0.1, 0.15) is 5.75 Å². The molecule has 0 fully saturated rings. The summed E-state index contributed by atoms with van der Waals surface area (Å²) < 4.78 is 0. The first kappa shape index (κ1) is 13.0. The van der Waals surface area contributed by atoms with E-state index in [-0.39, 0.29) is 31.0 Å². The van der Waals surface area contributed by atoms with E-state index in [1.165, 1.54) is 11.0 Å². The molecule has 92 valence electrons. The fraction of sp³-hybridized carbons (Fsp3) is 0.333. The number of hydrogen-bond donors (Lipinski definition) is 2. The van der Waals surface area contributed by atoms with Crippen LogP contribution in [0.5, 0.6) is 5.75 Å². The second-order valence-electron chi connectivity index (χ2n) is 3.76. The van der Waals surface area contributed by atoms with Crippen LogP contribution in [0.25, 0.3) is 0 Å². The normalized spacial score (nSPS) is 9.94. The predicted octanol–water partition coefficient (Wildman–Crippen LogP) is 0.868. The fourth-order valence-electron chi connectivity index (χ4n) is 1.35. The van der Waals surface area contributed by atoms with Crippen LogP contribution in [0.2, 0.25) is 0 Å². The first-order valence-corrected chi connectivity index (χ1v) is 5.23. The van der Waals surface area contributed by atoms with Crippen LogP contribution < -0.4 is 0 Å². The Bertz CT molecular complexity index is 417. The van der Waals surface area contributed by atoms with Gasteiger partial charge in [-0.1, -0.05) is 18.2 Å². The summed E-state index contributed by atoms with van der Waals surface area (Å²) in [6.07, 6.45) is -0.00813. The number of carboxylic acids is 1. The van der Waals surface area contributed by atoms with Gasteiger partial charge in [-0.2, -0.15) is 0 Å². The Hall–Kier alpha value is -2.04. The molecule has 0 bridgehead atoms. The Morgan fingerprint density at radius 1 is 1.29 bits per heavy atom. The van der Waals surface area contributed by atoms with Crippen molar-refractivity contribution < 1.29 is 19.8 Å². The minimum atomic E-state index is -0.938. The lowest BCUT2D eigenvalue weighted by Crippen LogP contribution is -2.30. The van der Waals surface area contributed by atoms with Gasteiger partial charge < -0.3 is 15.1 Å². The Balaban J connectivity index is 2.54. The number of aromatic hydroxyl groups is 1. The number of likely N-dealkylation sites (N-methyl/N-ethyl adjacent to an activating group) is 1. The Kier molecular flexibility index (Phi) is 4.51. The highest BCUT2D eigenvalue weighted by Gasteiger charge is 2.12. The van der Waals surface area contributed by atoms with Crippen molar-refractivity contribution in [2.75, 3.05) is 13.6 Å². The third-order valence-electron chi connectivity index (χ3n) is 2.42. The molecule has 17 heavy (non-hydrogen) atoms. The molecule has 0 aliphatic rings. The van der Waals surface area contributed by atoms with Crippen molar-refractivity contribution in [3.05, 3.63) is 29.8 Å². The first-order chi connectivity index (χ1) is 8.00. The van der Waals surface area contributed by atoms with Crippen LogP contribution in [0.15, 0.2) is 24.3 Å². The molecule has 1 rings (SSSR count). The van der Waals surface area contributed by atoms with Gasteiger partial charge in [0.05, 0.1) is 12.8 Å². The smallest absolute Gasteiger partial charge is 0.305 e. The molecule has 0 unspecified atom stereocenters. The lowest BCUT2D eigenvalue weighted by atomic mass is 10.1. The summed E-state index contributed by atoms with van der Waals surface area (Å²) in [4.78, 5) is 23.4. The lowest BCUT2D eigenvalue weighted by molar-refractivity contribution is -0.138. The van der Waals surface area contributed by atoms with Crippen molar-refractivity contribution >= 4 is 11.9 Å². The SMILES string of the molecule is CN(CCC(=O)O)C(=O)Cc1ccccc1O. The molecule has 1 aromatic rings. The quantitative estimate of drug-likeness (QED) is 0.796. The summed E-state index contributed by atoms with van der Waals surface area (Å²) in [6, 6.07) is 6.59. The van der Waals surface area contributed by atoms with E-state index in [4.69, 9.17) is 5.11 Å². The van der Waals surface area contributed by atoms with Crippen molar-refractivity contribution in [1.82, 2.24) is 4.90 Å². The van der Waals surface area contributed by atoms with Crippen LogP contribution in [0.3, 0.4) is 0 Å². The third-order valence-corrected chi connectivity index (χ3v) is 2.42. The average Bonchev–Trinajstić information content (AvgIpc) is 2.28. The summed E-state index contributed by atoms with van der Waals surface area (Å²) >= 11 is 0. The minimum Gasteiger partial charge on any atom is -0.508 e. The zero-order valence-electron chi connectivity index (χ0n) is 9.59. The van der Waals surface area contributed by atoms with Gasteiger partial charge >= 0.3 is 5.97 Å². The summed E-state index contributed by atoms with van der Waals surface area (Å²) in [6.45, 7) is 0.168. The van der Waals surface area contributed by atoms with Crippen LogP contribution in [-0.2, 0) is 16.0 Å². The van der Waals surface area contributed by atoms with Gasteiger partial charge in [0.2, 0.25) is 5.91 Å². The number of benzene rings is 1. The molecule has 2 N–H and O–H groups in total. The molecule has 5 nitrogen and oxygen atoms in total. The van der Waals surface area contributed by atoms with Crippen molar-refractivity contribution in [1.29, 1.82) is 0 Å². The van der Waals surface area contributed by atoms with Gasteiger partial charge in [-0.05, 0) is 6.07 Å². The number of hydrogen-bond acceptors (Lipinski definition) is 3. The molecule has 0 saturated heterocycles. The number of phenols is 1. The summed E-state index contributed by atoms with van der Waals surface area (Å²) in [5, 5.41) is 18.0. The van der Waals surface area contributed by atoms with E-state index < -0.39 is 5.97 Å². The topological polar surface area (TPSA) is 77.8 Å². The van der Waals surface area contributed by atoms with E-state index in [1.54, 1.807) is 25.2 Å². The van der Waals surface area contributed by atoms with E-state index in [2.05, 4.69) is 0 Å². The van der Waals surface area contributed by atoms with Crippen LogP contribution in [0.1, 0.15) is 12.0 Å². The van der Waals surface area contributed by atoms with Crippen molar-refractivity contribution in [3.63, 3.8) is 0 Å². The van der Waals surface area contributed by atoms with Gasteiger partial charge in [-0.15, -0.1) is 0 Å². The highest BCUT2D eigenvalue weighted by Crippen LogP contribution is 2.16. The Morgan fingerprint density at radius 2 is 1.94 bits per heavy atom. The van der Waals surface area contributed by atoms with Crippen molar-refractivity contribution in [3.8, 4) is 5.75 Å². The molecular weight excluding hydrogens is 222 g/mol. The highest BCUT2D eigenvalue weighted by molar-refractivity contribution is 5.79. The number of nitrogens with zero attached hydrogens (tertiary/aromatic N) is 1. The maximum atomic E-state index is 11.7. The van der Waals surface area contributed by atoms with Gasteiger partial charge in [0, 0.05) is 19.2 Å². The zero-order chi connectivity index (χ0) is 12.8. The summed E-state index contributed by atoms with van der Waals surface area (Å²) in [5.41, 5.74) is 0.541. The Morgan fingerprint density at radius 3 is 2.53 bits per heavy atom. The monoisotopic (exact) mass is 237 g/mol. The second-order valence-corrected chi connectivity index (χ2v) is 3.76. The summed E-state index contributed by atoms with van der Waals surface area (Å²) in [5.74, 6) is -1.08. The van der Waals surface area contributed by atoms with Crippen LogP contribution in [0, 0.1) is 0 Å². The predicted molar refractivity (Wildman–Crippen MR) is 61.7 cm³/mol. The number of phenolic OH excluding ortho intramolecular Hbond substituents is 1. The highest BCUT2D eigenvalue weighted by atomic mass is 16.4. The number of para-hydroxylation sites is 1. The molecule has 0 aliphatic carbocycles. The minimum absolute atomic E-state index is 0.0722. The van der Waals surface area contributed by atoms with Gasteiger partial charge in [0.15, 0.2) is 0 Å². The number of aliphatic carboxylic acids is 1. The maximum absolute atomic E-state index is 11.7. The summed E-state index contributed by atoms with van der Waals surface area (Å²) in [7, 11) is 1.55. The number of rotatable bonds is 5. The molecule has 0 spiro atoms. The lowest BCUT2D eigenvalue weighted by Gasteiger charge is -2.16. The van der Waals surface area contributed by atoms with Crippen LogP contribution in [0.4, 0.5) is 0 Å². The third kappa shape index (κ3) is 4.14. The maximum Gasteiger partial charge on any atom is 0.305 e. The number of carbonyl (C=O) groups is 2. The molecule has 5 heteroatoms. The second kappa shape index (κ2) is 5.89. The number of amides is 1. The standard InChI is InChI=1S/C12H15NO4/c1-13(7-6-12(16)17)11(15)8-9-4-2-3-5-10(9)14/h2-5,14H,6-8H2,1H3,(H,16,17). The number of carboxylic acid groups (broad SMARTS) is 1. The molecule has 1 amide bonds. The van der Waals surface area contributed by atoms with Gasteiger partial charge in [-0.25, -0.2) is 0 Å². The van der Waals surface area contributed by atoms with Gasteiger partial charge in [-0.3, -0.25) is 9.59 Å². The van der Waals surface area contributed by atoms with E-state index in [1.807, 2.05) is 0 Å². The van der Waals surface area contributed by atoms with E-state index in [0.717, 1.165) is 0 Å². The van der Waals surface area contributed by atoms with Crippen molar-refractivity contribution in [2.45, 2.75) is 12.8 Å². The largest absolute Gasteiger partial charge is 0.508 e. The van der Waals surface area contributed by atoms with E-state index >= 15 is 0 Å². The molecule has 1 aromatic carbocycles. The molecule has 0 aliphatic heterocycles. The average molecular weight is 237 g/mol. The number of carbonyl (C=O) groups excluding carboxylic acids is 1. The molecule has 0 saturated carbocycles. The molecule has 0 aromatic heterocycles. The van der Waals surface area contributed by atoms with Gasteiger partial charge in [0.25, 0.3) is 0 Å². The zero-order valence-corrected chi connectivity index (χ0v) is 9.59. The van der Waals surface area contributed by atoms with Crippen LogP contribution in [-0.4, -0.2) is 40.6 Å². The van der Waals surface area contributed by atoms with Crippen molar-refractivity contribution in [2.24, 2.45) is 0 Å². The molecular formula is C12H15NO4. The molecule has 0 radical (unpaired) electrons. The van der Waals surface area contributed by atoms with Crippen LogP contribution >= 0.6 is 0 Å². The van der Waals surface area contributed by atoms with E-state index in [9.17, 15) is 14.7 Å².